The molecule has 6 nitrogen and oxygen atoms in total. The highest BCUT2D eigenvalue weighted by Gasteiger charge is 2.23. The van der Waals surface area contributed by atoms with Crippen molar-refractivity contribution < 1.29 is 4.39 Å². The molecule has 2 aromatic heterocycles. The summed E-state index contributed by atoms with van der Waals surface area (Å²) < 4.78 is 15.0. The number of aromatic nitrogens is 4. The lowest BCUT2D eigenvalue weighted by atomic mass is 9.96. The van der Waals surface area contributed by atoms with Crippen LogP contribution in [0.15, 0.2) is 36.4 Å². The Morgan fingerprint density at radius 3 is 2.46 bits per heavy atom. The Morgan fingerprint density at radius 1 is 0.929 bits per heavy atom. The van der Waals surface area contributed by atoms with Gasteiger partial charge >= 0.3 is 0 Å². The van der Waals surface area contributed by atoms with E-state index in [1.165, 1.54) is 12.1 Å². The van der Waals surface area contributed by atoms with E-state index in [9.17, 15) is 4.39 Å². The Hall–Kier alpha value is -2.54. The minimum absolute atomic E-state index is 0.115. The maximum atomic E-state index is 13.1. The lowest BCUT2D eigenvalue weighted by molar-refractivity contribution is 0.285. The molecule has 3 aromatic rings. The van der Waals surface area contributed by atoms with E-state index in [1.807, 2.05) is 28.8 Å². The van der Waals surface area contributed by atoms with Crippen molar-refractivity contribution in [3.05, 3.63) is 53.6 Å². The number of halogens is 1. The number of benzene rings is 1. The number of rotatable bonds is 3. The Kier molecular flexibility index (Phi) is 5.02. The van der Waals surface area contributed by atoms with Crippen molar-refractivity contribution in [3.63, 3.8) is 0 Å². The highest BCUT2D eigenvalue weighted by molar-refractivity contribution is 5.46. The summed E-state index contributed by atoms with van der Waals surface area (Å²) in [6, 6.07) is 10.8. The van der Waals surface area contributed by atoms with Crippen LogP contribution >= 0.6 is 0 Å². The largest absolute Gasteiger partial charge is 0.354 e. The topological polar surface area (TPSA) is 49.6 Å². The molecule has 0 spiro atoms. The molecular weight excluding hydrogens is 355 g/mol. The zero-order valence-corrected chi connectivity index (χ0v) is 16.8. The van der Waals surface area contributed by atoms with Crippen molar-refractivity contribution in [2.75, 3.05) is 31.1 Å². The molecule has 3 heterocycles. The molecule has 0 unspecified atom stereocenters. The molecule has 1 fully saturated rings. The quantitative estimate of drug-likeness (QED) is 0.696. The van der Waals surface area contributed by atoms with Gasteiger partial charge in [-0.05, 0) is 36.2 Å². The van der Waals surface area contributed by atoms with Gasteiger partial charge in [0.2, 0.25) is 0 Å². The maximum absolute atomic E-state index is 13.1. The van der Waals surface area contributed by atoms with Gasteiger partial charge in [0.15, 0.2) is 11.5 Å². The monoisotopic (exact) mass is 382 g/mol. The van der Waals surface area contributed by atoms with Crippen molar-refractivity contribution in [2.45, 2.75) is 39.2 Å². The molecule has 1 saturated heterocycles. The Morgan fingerprint density at radius 2 is 1.71 bits per heavy atom. The van der Waals surface area contributed by atoms with E-state index in [0.29, 0.717) is 0 Å². The molecule has 1 aliphatic rings. The van der Waals surface area contributed by atoms with Crippen molar-refractivity contribution >= 4 is 11.5 Å². The first-order valence-electron chi connectivity index (χ1n) is 9.85. The average molecular weight is 382 g/mol. The lowest BCUT2D eigenvalue weighted by Gasteiger charge is -2.23. The van der Waals surface area contributed by atoms with Gasteiger partial charge in [0.1, 0.15) is 11.6 Å². The third-order valence-electron chi connectivity index (χ3n) is 5.15. The van der Waals surface area contributed by atoms with Crippen LogP contribution in [0.25, 0.3) is 5.65 Å². The molecule has 0 atom stereocenters. The molecular formula is C21H27FN6. The first-order chi connectivity index (χ1) is 13.4. The SMILES string of the molecule is CC(C)(C)c1nnc2ccc(N3CCCN(Cc4ccc(F)cc4)CC3)nn12. The van der Waals surface area contributed by atoms with Crippen LogP contribution in [-0.2, 0) is 12.0 Å². The van der Waals surface area contributed by atoms with Gasteiger partial charge in [-0.25, -0.2) is 4.39 Å². The predicted molar refractivity (Wildman–Crippen MR) is 108 cm³/mol. The van der Waals surface area contributed by atoms with Crippen molar-refractivity contribution in [3.8, 4) is 0 Å². The molecule has 0 aliphatic carbocycles. The Bertz CT molecular complexity index is 944. The van der Waals surface area contributed by atoms with Gasteiger partial charge < -0.3 is 4.90 Å². The van der Waals surface area contributed by atoms with Gasteiger partial charge in [0.25, 0.3) is 0 Å². The molecule has 7 heteroatoms. The van der Waals surface area contributed by atoms with Gasteiger partial charge in [0.05, 0.1) is 0 Å². The van der Waals surface area contributed by atoms with Crippen LogP contribution in [-0.4, -0.2) is 50.9 Å². The molecule has 1 aromatic carbocycles. The lowest BCUT2D eigenvalue weighted by Crippen LogP contribution is -2.31. The second kappa shape index (κ2) is 7.47. The summed E-state index contributed by atoms with van der Waals surface area (Å²) in [5.41, 5.74) is 1.81. The standard InChI is InChI=1S/C21H27FN6/c1-21(2,3)20-24-23-18-9-10-19(25-28(18)20)27-12-4-11-26(13-14-27)15-16-5-7-17(22)8-6-16/h5-10H,4,11-15H2,1-3H3. The molecule has 0 bridgehead atoms. The summed E-state index contributed by atoms with van der Waals surface area (Å²) in [6.45, 7) is 11.1. The Balaban J connectivity index is 1.48. The van der Waals surface area contributed by atoms with Crippen molar-refractivity contribution in [1.82, 2.24) is 24.7 Å². The van der Waals surface area contributed by atoms with Crippen LogP contribution in [0.3, 0.4) is 0 Å². The first-order valence-corrected chi connectivity index (χ1v) is 9.85. The minimum atomic E-state index is -0.184. The number of hydrogen-bond donors (Lipinski definition) is 0. The fourth-order valence-corrected chi connectivity index (χ4v) is 3.62. The predicted octanol–water partition coefficient (Wildman–Crippen LogP) is 3.27. The summed E-state index contributed by atoms with van der Waals surface area (Å²) in [7, 11) is 0. The molecule has 4 rings (SSSR count). The summed E-state index contributed by atoms with van der Waals surface area (Å²) in [5, 5.41) is 13.4. The molecule has 0 amide bonds. The second-order valence-corrected chi connectivity index (χ2v) is 8.48. The second-order valence-electron chi connectivity index (χ2n) is 8.48. The van der Waals surface area contributed by atoms with Gasteiger partial charge in [0, 0.05) is 38.1 Å². The van der Waals surface area contributed by atoms with E-state index in [4.69, 9.17) is 5.10 Å². The van der Waals surface area contributed by atoms with Gasteiger partial charge in [-0.2, -0.15) is 4.52 Å². The molecule has 28 heavy (non-hydrogen) atoms. The molecule has 0 N–H and O–H groups in total. The van der Waals surface area contributed by atoms with Gasteiger partial charge in [-0.15, -0.1) is 15.3 Å². The smallest absolute Gasteiger partial charge is 0.178 e. The molecule has 148 valence electrons. The Labute approximate surface area is 165 Å². The summed E-state index contributed by atoms with van der Waals surface area (Å²) >= 11 is 0. The van der Waals surface area contributed by atoms with E-state index < -0.39 is 0 Å². The fourth-order valence-electron chi connectivity index (χ4n) is 3.62. The number of hydrogen-bond acceptors (Lipinski definition) is 5. The third-order valence-corrected chi connectivity index (χ3v) is 5.15. The van der Waals surface area contributed by atoms with E-state index in [-0.39, 0.29) is 11.2 Å². The van der Waals surface area contributed by atoms with Crippen LogP contribution in [0.2, 0.25) is 0 Å². The van der Waals surface area contributed by atoms with Crippen LogP contribution in [0.1, 0.15) is 38.6 Å². The van der Waals surface area contributed by atoms with E-state index >= 15 is 0 Å². The average Bonchev–Trinajstić information content (AvgIpc) is 2.96. The fraction of sp³-hybridized carbons (Fsp3) is 0.476. The summed E-state index contributed by atoms with van der Waals surface area (Å²) in [4.78, 5) is 4.75. The van der Waals surface area contributed by atoms with E-state index in [0.717, 1.165) is 62.0 Å². The highest BCUT2D eigenvalue weighted by atomic mass is 19.1. The highest BCUT2D eigenvalue weighted by Crippen LogP contribution is 2.22. The molecule has 0 saturated carbocycles. The van der Waals surface area contributed by atoms with Gasteiger partial charge in [-0.1, -0.05) is 32.9 Å². The first kappa shape index (κ1) is 18.8. The molecule has 0 radical (unpaired) electrons. The normalized spacial score (nSPS) is 16.5. The van der Waals surface area contributed by atoms with Crippen LogP contribution in [0.5, 0.6) is 0 Å². The van der Waals surface area contributed by atoms with E-state index in [2.05, 4.69) is 40.8 Å². The number of nitrogens with zero attached hydrogens (tertiary/aromatic N) is 6. The third kappa shape index (κ3) is 3.99. The summed E-state index contributed by atoms with van der Waals surface area (Å²) in [5.74, 6) is 1.65. The van der Waals surface area contributed by atoms with Crippen LogP contribution < -0.4 is 4.90 Å². The number of fused-ring (bicyclic) bond motifs is 1. The van der Waals surface area contributed by atoms with Crippen LogP contribution in [0, 0.1) is 5.82 Å². The van der Waals surface area contributed by atoms with Crippen LogP contribution in [0.4, 0.5) is 10.2 Å². The maximum Gasteiger partial charge on any atom is 0.178 e. The number of anilines is 1. The molecule has 1 aliphatic heterocycles. The van der Waals surface area contributed by atoms with Crippen molar-refractivity contribution in [1.29, 1.82) is 0 Å². The zero-order valence-electron chi connectivity index (χ0n) is 16.8. The summed E-state index contributed by atoms with van der Waals surface area (Å²) in [6.07, 6.45) is 1.06. The minimum Gasteiger partial charge on any atom is -0.354 e. The van der Waals surface area contributed by atoms with E-state index in [1.54, 1.807) is 0 Å². The van der Waals surface area contributed by atoms with Gasteiger partial charge in [-0.3, -0.25) is 4.90 Å². The zero-order chi connectivity index (χ0) is 19.7. The van der Waals surface area contributed by atoms with Crippen molar-refractivity contribution in [2.24, 2.45) is 0 Å².